The Kier molecular flexibility index (Phi) is 10.4. The van der Waals surface area contributed by atoms with Crippen LogP contribution in [-0.2, 0) is 4.79 Å². The van der Waals surface area contributed by atoms with Crippen molar-refractivity contribution in [2.24, 2.45) is 11.8 Å². The molecule has 24 heavy (non-hydrogen) atoms. The molecule has 0 aromatic carbocycles. The number of carboxylic acids is 1. The maximum absolute atomic E-state index is 10.4. The van der Waals surface area contributed by atoms with Crippen LogP contribution in [0.1, 0.15) is 58.3 Å². The summed E-state index contributed by atoms with van der Waals surface area (Å²) in [7, 11) is 0. The first-order chi connectivity index (χ1) is 11.5. The third-order valence-electron chi connectivity index (χ3n) is 4.44. The Morgan fingerprint density at radius 2 is 2.00 bits per heavy atom. The normalized spacial score (nSPS) is 25.0. The van der Waals surface area contributed by atoms with Crippen molar-refractivity contribution in [2.75, 3.05) is 0 Å². The first-order valence-corrected chi connectivity index (χ1v) is 9.14. The molecular formula is C20H32O4. The molecule has 0 aromatic heterocycles. The van der Waals surface area contributed by atoms with Crippen molar-refractivity contribution in [1.82, 2.24) is 0 Å². The van der Waals surface area contributed by atoms with E-state index in [1.807, 2.05) is 30.4 Å². The van der Waals surface area contributed by atoms with E-state index in [0.29, 0.717) is 6.42 Å². The lowest BCUT2D eigenvalue weighted by Gasteiger charge is -2.18. The second-order valence-electron chi connectivity index (χ2n) is 6.56. The summed E-state index contributed by atoms with van der Waals surface area (Å²) in [5.41, 5.74) is 0. The van der Waals surface area contributed by atoms with Gasteiger partial charge in [0.1, 0.15) is 0 Å². The van der Waals surface area contributed by atoms with Crippen molar-refractivity contribution in [1.29, 1.82) is 0 Å². The Morgan fingerprint density at radius 3 is 2.71 bits per heavy atom. The largest absolute Gasteiger partial charge is 0.481 e. The summed E-state index contributed by atoms with van der Waals surface area (Å²) >= 11 is 0. The molecule has 4 heteroatoms. The maximum Gasteiger partial charge on any atom is 0.303 e. The van der Waals surface area contributed by atoms with Crippen LogP contribution in [0.4, 0.5) is 0 Å². The lowest BCUT2D eigenvalue weighted by atomic mass is 9.90. The molecule has 0 bridgehead atoms. The molecule has 0 aromatic rings. The van der Waals surface area contributed by atoms with Crippen molar-refractivity contribution in [3.8, 4) is 0 Å². The lowest BCUT2D eigenvalue weighted by Crippen LogP contribution is -2.18. The molecule has 3 N–H and O–H groups in total. The van der Waals surface area contributed by atoms with Gasteiger partial charge in [-0.2, -0.15) is 0 Å². The molecule has 0 heterocycles. The van der Waals surface area contributed by atoms with E-state index in [1.165, 1.54) is 0 Å². The summed E-state index contributed by atoms with van der Waals surface area (Å²) in [4.78, 5) is 10.4. The van der Waals surface area contributed by atoms with Gasteiger partial charge < -0.3 is 15.3 Å². The summed E-state index contributed by atoms with van der Waals surface area (Å²) in [5.74, 6) is -0.516. The Bertz CT molecular complexity index is 439. The Balaban J connectivity index is 2.36. The Hall–Kier alpha value is -1.39. The van der Waals surface area contributed by atoms with Crippen LogP contribution in [-0.4, -0.2) is 33.5 Å². The average molecular weight is 336 g/mol. The van der Waals surface area contributed by atoms with Gasteiger partial charge in [-0.3, -0.25) is 4.79 Å². The third-order valence-corrected chi connectivity index (χ3v) is 4.44. The highest BCUT2D eigenvalue weighted by Gasteiger charge is 2.27. The first kappa shape index (κ1) is 20.7. The summed E-state index contributed by atoms with van der Waals surface area (Å²) in [6.45, 7) is 2.14. The zero-order chi connectivity index (χ0) is 17.8. The molecule has 0 aliphatic heterocycles. The standard InChI is InChI=1S/C20H32O4/c1-2-3-6-10-17(21)13-14-18-16(12-15-19(18)22)9-7-4-5-8-11-20(23)24/h4,7,12-19,21-22H,2-3,5-6,8-11H2,1H3,(H,23,24)/t16-,17-,18+,19+/m0/s1. The van der Waals surface area contributed by atoms with Crippen LogP contribution in [0, 0.1) is 11.8 Å². The van der Waals surface area contributed by atoms with Gasteiger partial charge in [-0.05, 0) is 31.6 Å². The van der Waals surface area contributed by atoms with Crippen LogP contribution in [0.15, 0.2) is 36.5 Å². The van der Waals surface area contributed by atoms with E-state index in [2.05, 4.69) is 13.0 Å². The van der Waals surface area contributed by atoms with Gasteiger partial charge in [0.15, 0.2) is 0 Å². The summed E-state index contributed by atoms with van der Waals surface area (Å²) < 4.78 is 0. The predicted molar refractivity (Wildman–Crippen MR) is 96.7 cm³/mol. The fourth-order valence-corrected chi connectivity index (χ4v) is 2.96. The molecule has 0 saturated carbocycles. The molecule has 4 atom stereocenters. The number of allylic oxidation sites excluding steroid dienone is 3. The Morgan fingerprint density at radius 1 is 1.21 bits per heavy atom. The van der Waals surface area contributed by atoms with Crippen LogP contribution in [0.3, 0.4) is 0 Å². The number of hydrogen-bond donors (Lipinski definition) is 3. The number of carbonyl (C=O) groups is 1. The number of rotatable bonds is 12. The number of hydrogen-bond acceptors (Lipinski definition) is 3. The first-order valence-electron chi connectivity index (χ1n) is 9.14. The van der Waals surface area contributed by atoms with Crippen molar-refractivity contribution < 1.29 is 20.1 Å². The van der Waals surface area contributed by atoms with Gasteiger partial charge in [-0.15, -0.1) is 0 Å². The van der Waals surface area contributed by atoms with Crippen LogP contribution in [0.25, 0.3) is 0 Å². The zero-order valence-corrected chi connectivity index (χ0v) is 14.7. The van der Waals surface area contributed by atoms with E-state index >= 15 is 0 Å². The molecule has 136 valence electrons. The van der Waals surface area contributed by atoms with Crippen molar-refractivity contribution in [3.63, 3.8) is 0 Å². The minimum atomic E-state index is -0.757. The monoisotopic (exact) mass is 336 g/mol. The number of aliphatic hydroxyl groups is 2. The van der Waals surface area contributed by atoms with Gasteiger partial charge in [0.05, 0.1) is 12.2 Å². The second kappa shape index (κ2) is 12.0. The zero-order valence-electron chi connectivity index (χ0n) is 14.7. The van der Waals surface area contributed by atoms with Gasteiger partial charge in [-0.25, -0.2) is 0 Å². The van der Waals surface area contributed by atoms with Crippen LogP contribution in [0.5, 0.6) is 0 Å². The third kappa shape index (κ3) is 8.46. The predicted octanol–water partition coefficient (Wildman–Crippen LogP) is 3.85. The van der Waals surface area contributed by atoms with Crippen LogP contribution >= 0.6 is 0 Å². The summed E-state index contributed by atoms with van der Waals surface area (Å²) in [6.07, 6.45) is 17.3. The second-order valence-corrected chi connectivity index (χ2v) is 6.56. The highest BCUT2D eigenvalue weighted by Crippen LogP contribution is 2.30. The van der Waals surface area contributed by atoms with Gasteiger partial charge >= 0.3 is 5.97 Å². The molecule has 0 spiro atoms. The van der Waals surface area contributed by atoms with Gasteiger partial charge in [0, 0.05) is 12.3 Å². The van der Waals surface area contributed by atoms with Crippen LogP contribution < -0.4 is 0 Å². The van der Waals surface area contributed by atoms with Crippen LogP contribution in [0.2, 0.25) is 0 Å². The van der Waals surface area contributed by atoms with E-state index in [1.54, 1.807) is 0 Å². The topological polar surface area (TPSA) is 77.8 Å². The van der Waals surface area contributed by atoms with Gasteiger partial charge in [0.2, 0.25) is 0 Å². The molecular weight excluding hydrogens is 304 g/mol. The molecule has 0 unspecified atom stereocenters. The molecule has 0 radical (unpaired) electrons. The van der Waals surface area contributed by atoms with E-state index in [4.69, 9.17) is 5.11 Å². The van der Waals surface area contributed by atoms with Gasteiger partial charge in [0.25, 0.3) is 0 Å². The SMILES string of the molecule is CCCCC[C@H](O)C=C[C@H]1[C@H](O)C=C[C@@H]1CC=CCCCC(=O)O. The highest BCUT2D eigenvalue weighted by molar-refractivity contribution is 5.66. The fraction of sp³-hybridized carbons (Fsp3) is 0.650. The Labute approximate surface area is 145 Å². The van der Waals surface area contributed by atoms with Crippen molar-refractivity contribution in [3.05, 3.63) is 36.5 Å². The average Bonchev–Trinajstić information content (AvgIpc) is 2.89. The minimum absolute atomic E-state index is 0.00879. The quantitative estimate of drug-likeness (QED) is 0.374. The minimum Gasteiger partial charge on any atom is -0.481 e. The number of aliphatic hydroxyl groups excluding tert-OH is 2. The molecule has 1 rings (SSSR count). The van der Waals surface area contributed by atoms with E-state index < -0.39 is 18.2 Å². The molecule has 1 aliphatic rings. The van der Waals surface area contributed by atoms with E-state index in [-0.39, 0.29) is 18.3 Å². The lowest BCUT2D eigenvalue weighted by molar-refractivity contribution is -0.137. The number of aliphatic carboxylic acids is 1. The smallest absolute Gasteiger partial charge is 0.303 e. The highest BCUT2D eigenvalue weighted by atomic mass is 16.4. The number of unbranched alkanes of at least 4 members (excludes halogenated alkanes) is 3. The molecule has 0 fully saturated rings. The fourth-order valence-electron chi connectivity index (χ4n) is 2.96. The molecule has 4 nitrogen and oxygen atoms in total. The number of carboxylic acid groups (broad SMARTS) is 1. The molecule has 1 aliphatic carbocycles. The summed E-state index contributed by atoms with van der Waals surface area (Å²) in [5, 5.41) is 28.6. The van der Waals surface area contributed by atoms with Crippen molar-refractivity contribution >= 4 is 5.97 Å². The van der Waals surface area contributed by atoms with Crippen molar-refractivity contribution in [2.45, 2.75) is 70.5 Å². The maximum atomic E-state index is 10.4. The molecule has 0 saturated heterocycles. The molecule has 0 amide bonds. The van der Waals surface area contributed by atoms with E-state index in [9.17, 15) is 15.0 Å². The van der Waals surface area contributed by atoms with Gasteiger partial charge in [-0.1, -0.05) is 62.6 Å². The summed E-state index contributed by atoms with van der Waals surface area (Å²) in [6, 6.07) is 0. The van der Waals surface area contributed by atoms with E-state index in [0.717, 1.165) is 38.5 Å².